The van der Waals surface area contributed by atoms with E-state index < -0.39 is 6.04 Å². The summed E-state index contributed by atoms with van der Waals surface area (Å²) >= 11 is 0. The second kappa shape index (κ2) is 4.07. The zero-order valence-electron chi connectivity index (χ0n) is 6.38. The molecule has 1 rings (SSSR count). The fourth-order valence-corrected chi connectivity index (χ4v) is 0.883. The maximum absolute atomic E-state index is 8.19. The Morgan fingerprint density at radius 3 is 2.58 bits per heavy atom. The molecule has 3 heteroatoms. The van der Waals surface area contributed by atoms with Crippen molar-refractivity contribution in [1.29, 1.82) is 0 Å². The molecular formula is C9H7N3. The zero-order chi connectivity index (χ0) is 8.81. The molecule has 0 spiro atoms. The minimum absolute atomic E-state index is 0.490. The van der Waals surface area contributed by atoms with E-state index in [1.165, 1.54) is 0 Å². The van der Waals surface area contributed by atoms with Crippen LogP contribution in [0.3, 0.4) is 0 Å². The van der Waals surface area contributed by atoms with Gasteiger partial charge in [-0.05, 0) is 11.1 Å². The van der Waals surface area contributed by atoms with Crippen LogP contribution in [0.25, 0.3) is 10.4 Å². The molecule has 0 aliphatic rings. The molecule has 0 aliphatic heterocycles. The Morgan fingerprint density at radius 2 is 2.08 bits per heavy atom. The average molecular weight is 157 g/mol. The Hall–Kier alpha value is -1.91. The molecule has 58 valence electrons. The van der Waals surface area contributed by atoms with Gasteiger partial charge in [0.15, 0.2) is 0 Å². The summed E-state index contributed by atoms with van der Waals surface area (Å²) in [6, 6.07) is 8.77. The maximum Gasteiger partial charge on any atom is 0.123 e. The first-order valence-corrected chi connectivity index (χ1v) is 3.43. The normalized spacial score (nSPS) is 10.9. The van der Waals surface area contributed by atoms with Gasteiger partial charge < -0.3 is 0 Å². The summed E-state index contributed by atoms with van der Waals surface area (Å²) in [4.78, 5) is 2.67. The molecule has 0 aromatic heterocycles. The topological polar surface area (TPSA) is 48.8 Å². The summed E-state index contributed by atoms with van der Waals surface area (Å²) in [6.07, 6.45) is 5.18. The highest BCUT2D eigenvalue weighted by Crippen LogP contribution is 2.15. The third kappa shape index (κ3) is 1.79. The van der Waals surface area contributed by atoms with Crippen LogP contribution >= 0.6 is 0 Å². The highest BCUT2D eigenvalue weighted by Gasteiger charge is 2.02. The molecule has 0 saturated carbocycles. The SMILES string of the molecule is C#CC(N=[N+]=[N-])c1ccccc1. The number of benzene rings is 1. The van der Waals surface area contributed by atoms with E-state index in [1.54, 1.807) is 0 Å². The molecule has 1 unspecified atom stereocenters. The van der Waals surface area contributed by atoms with Gasteiger partial charge in [0.1, 0.15) is 6.04 Å². The van der Waals surface area contributed by atoms with Crippen LogP contribution in [0.1, 0.15) is 11.6 Å². The summed E-state index contributed by atoms with van der Waals surface area (Å²) in [6.45, 7) is 0. The van der Waals surface area contributed by atoms with Crippen LogP contribution in [-0.2, 0) is 0 Å². The Morgan fingerprint density at radius 1 is 1.42 bits per heavy atom. The van der Waals surface area contributed by atoms with Crippen molar-refractivity contribution in [2.24, 2.45) is 5.11 Å². The van der Waals surface area contributed by atoms with Gasteiger partial charge in [-0.1, -0.05) is 41.4 Å². The molecule has 12 heavy (non-hydrogen) atoms. The lowest BCUT2D eigenvalue weighted by Crippen LogP contribution is -1.88. The largest absolute Gasteiger partial charge is 0.123 e. The highest BCUT2D eigenvalue weighted by atomic mass is 15.1. The number of terminal acetylenes is 1. The van der Waals surface area contributed by atoms with Gasteiger partial charge in [0, 0.05) is 4.91 Å². The van der Waals surface area contributed by atoms with Gasteiger partial charge >= 0.3 is 0 Å². The van der Waals surface area contributed by atoms with Gasteiger partial charge in [-0.15, -0.1) is 6.42 Å². The third-order valence-electron chi connectivity index (χ3n) is 1.44. The van der Waals surface area contributed by atoms with Crippen LogP contribution in [0.5, 0.6) is 0 Å². The van der Waals surface area contributed by atoms with Crippen LogP contribution in [0.2, 0.25) is 0 Å². The Balaban J connectivity index is 2.97. The summed E-state index contributed by atoms with van der Waals surface area (Å²) in [7, 11) is 0. The summed E-state index contributed by atoms with van der Waals surface area (Å²) in [5.74, 6) is 2.40. The van der Waals surface area contributed by atoms with E-state index in [4.69, 9.17) is 12.0 Å². The molecule has 0 aliphatic carbocycles. The molecule has 0 saturated heterocycles. The number of hydrogen-bond acceptors (Lipinski definition) is 1. The first-order valence-electron chi connectivity index (χ1n) is 3.43. The Kier molecular flexibility index (Phi) is 2.78. The maximum atomic E-state index is 8.19. The van der Waals surface area contributed by atoms with E-state index in [0.29, 0.717) is 0 Å². The molecule has 1 aromatic rings. The van der Waals surface area contributed by atoms with Crippen molar-refractivity contribution in [2.75, 3.05) is 0 Å². The Labute approximate surface area is 70.7 Å². The fraction of sp³-hybridized carbons (Fsp3) is 0.111. The van der Waals surface area contributed by atoms with Crippen molar-refractivity contribution in [2.45, 2.75) is 6.04 Å². The molecule has 1 atom stereocenters. The molecule has 0 N–H and O–H groups in total. The standard InChI is InChI=1S/C9H7N3/c1-2-9(11-12-10)8-6-4-3-5-7-8/h1,3-7,9H. The minimum Gasteiger partial charge on any atom is -0.119 e. The van der Waals surface area contributed by atoms with E-state index in [1.807, 2.05) is 30.3 Å². The fourth-order valence-electron chi connectivity index (χ4n) is 0.883. The summed E-state index contributed by atoms with van der Waals surface area (Å²) < 4.78 is 0. The molecule has 1 aromatic carbocycles. The van der Waals surface area contributed by atoms with Gasteiger partial charge in [-0.25, -0.2) is 0 Å². The smallest absolute Gasteiger partial charge is 0.119 e. The van der Waals surface area contributed by atoms with E-state index in [-0.39, 0.29) is 0 Å². The predicted octanol–water partition coefficient (Wildman–Crippen LogP) is 2.67. The lowest BCUT2D eigenvalue weighted by Gasteiger charge is -2.01. The number of hydrogen-bond donors (Lipinski definition) is 0. The first kappa shape index (κ1) is 8.19. The van der Waals surface area contributed by atoms with Crippen LogP contribution in [0, 0.1) is 12.3 Å². The van der Waals surface area contributed by atoms with Gasteiger partial charge in [-0.2, -0.15) is 0 Å². The first-order chi connectivity index (χ1) is 5.88. The van der Waals surface area contributed by atoms with Gasteiger partial charge in [0.05, 0.1) is 0 Å². The molecular weight excluding hydrogens is 150 g/mol. The average Bonchev–Trinajstić information content (AvgIpc) is 2.15. The summed E-state index contributed by atoms with van der Waals surface area (Å²) in [5.41, 5.74) is 9.04. The lowest BCUT2D eigenvalue weighted by atomic mass is 10.1. The number of azide groups is 1. The van der Waals surface area contributed by atoms with Gasteiger partial charge in [0.2, 0.25) is 0 Å². The van der Waals surface area contributed by atoms with E-state index in [9.17, 15) is 0 Å². The van der Waals surface area contributed by atoms with Gasteiger partial charge in [0.25, 0.3) is 0 Å². The van der Waals surface area contributed by atoms with Gasteiger partial charge in [-0.3, -0.25) is 0 Å². The van der Waals surface area contributed by atoms with E-state index in [0.717, 1.165) is 5.56 Å². The third-order valence-corrected chi connectivity index (χ3v) is 1.44. The minimum atomic E-state index is -0.490. The number of rotatable bonds is 2. The second-order valence-corrected chi connectivity index (χ2v) is 2.18. The predicted molar refractivity (Wildman–Crippen MR) is 47.2 cm³/mol. The van der Waals surface area contributed by atoms with E-state index >= 15 is 0 Å². The zero-order valence-corrected chi connectivity index (χ0v) is 6.38. The molecule has 0 heterocycles. The second-order valence-electron chi connectivity index (χ2n) is 2.18. The van der Waals surface area contributed by atoms with Crippen molar-refractivity contribution in [1.82, 2.24) is 0 Å². The van der Waals surface area contributed by atoms with Crippen molar-refractivity contribution < 1.29 is 0 Å². The van der Waals surface area contributed by atoms with Crippen LogP contribution in [0.4, 0.5) is 0 Å². The van der Waals surface area contributed by atoms with Crippen LogP contribution in [0.15, 0.2) is 35.4 Å². The quantitative estimate of drug-likeness (QED) is 0.274. The van der Waals surface area contributed by atoms with Crippen molar-refractivity contribution in [3.63, 3.8) is 0 Å². The lowest BCUT2D eigenvalue weighted by molar-refractivity contribution is 0.930. The van der Waals surface area contributed by atoms with E-state index in [2.05, 4.69) is 15.9 Å². The van der Waals surface area contributed by atoms with Crippen LogP contribution < -0.4 is 0 Å². The van der Waals surface area contributed by atoms with Crippen molar-refractivity contribution >= 4 is 0 Å². The molecule has 0 bridgehead atoms. The van der Waals surface area contributed by atoms with Crippen molar-refractivity contribution in [3.8, 4) is 12.3 Å². The molecule has 0 fully saturated rings. The molecule has 0 radical (unpaired) electrons. The Bertz CT molecular complexity index is 331. The number of nitrogens with zero attached hydrogens (tertiary/aromatic N) is 3. The molecule has 0 amide bonds. The molecule has 3 nitrogen and oxygen atoms in total. The monoisotopic (exact) mass is 157 g/mol. The van der Waals surface area contributed by atoms with Crippen molar-refractivity contribution in [3.05, 3.63) is 46.3 Å². The van der Waals surface area contributed by atoms with Crippen LogP contribution in [-0.4, -0.2) is 0 Å². The summed E-state index contributed by atoms with van der Waals surface area (Å²) in [5, 5.41) is 3.46. The highest BCUT2D eigenvalue weighted by molar-refractivity contribution is 5.25.